The second-order valence-corrected chi connectivity index (χ2v) is 7.32. The molecule has 0 N–H and O–H groups in total. The summed E-state index contributed by atoms with van der Waals surface area (Å²) in [5.41, 5.74) is 1.15. The van der Waals surface area contributed by atoms with Gasteiger partial charge in [-0.15, -0.1) is 10.2 Å². The van der Waals surface area contributed by atoms with Gasteiger partial charge in [0.2, 0.25) is 0 Å². The van der Waals surface area contributed by atoms with Crippen LogP contribution < -0.4 is 9.47 Å². The van der Waals surface area contributed by atoms with E-state index < -0.39 is 0 Å². The molecule has 27 heavy (non-hydrogen) atoms. The molecule has 1 atom stereocenters. The summed E-state index contributed by atoms with van der Waals surface area (Å²) in [6, 6.07) is 15.4. The third-order valence-electron chi connectivity index (χ3n) is 4.05. The molecule has 0 bridgehead atoms. The summed E-state index contributed by atoms with van der Waals surface area (Å²) in [4.78, 5) is 0. The van der Waals surface area contributed by atoms with Crippen LogP contribution in [0.5, 0.6) is 11.5 Å². The van der Waals surface area contributed by atoms with Crippen LogP contribution in [0, 0.1) is 0 Å². The number of nitrogens with zero attached hydrogens (tertiary/aromatic N) is 3. The predicted octanol–water partition coefficient (Wildman–Crippen LogP) is 5.39. The van der Waals surface area contributed by atoms with E-state index in [0.29, 0.717) is 0 Å². The Labute approximate surface area is 168 Å². The monoisotopic (exact) mass is 403 g/mol. The molecule has 1 unspecified atom stereocenters. The third kappa shape index (κ3) is 4.96. The number of halogens is 1. The molecule has 142 valence electrons. The average molecular weight is 404 g/mol. The predicted molar refractivity (Wildman–Crippen MR) is 109 cm³/mol. The first kappa shape index (κ1) is 19.6. The lowest BCUT2D eigenvalue weighted by Gasteiger charge is -2.16. The first-order valence-corrected chi connectivity index (χ1v) is 10.1. The molecule has 1 aromatic heterocycles. The molecule has 3 aromatic rings. The Morgan fingerprint density at radius 1 is 1.11 bits per heavy atom. The lowest BCUT2D eigenvalue weighted by Crippen LogP contribution is -2.12. The zero-order chi connectivity index (χ0) is 19.2. The smallest absolute Gasteiger partial charge is 0.191 e. The fourth-order valence-corrected chi connectivity index (χ4v) is 3.86. The van der Waals surface area contributed by atoms with E-state index in [4.69, 9.17) is 21.1 Å². The van der Waals surface area contributed by atoms with Crippen molar-refractivity contribution in [2.75, 3.05) is 7.11 Å². The first-order valence-electron chi connectivity index (χ1n) is 8.71. The molecule has 0 saturated heterocycles. The van der Waals surface area contributed by atoms with Crippen LogP contribution in [0.1, 0.15) is 31.3 Å². The second kappa shape index (κ2) is 9.15. The van der Waals surface area contributed by atoms with Crippen molar-refractivity contribution in [3.8, 4) is 11.5 Å². The zero-order valence-electron chi connectivity index (χ0n) is 15.6. The van der Waals surface area contributed by atoms with Gasteiger partial charge in [0.15, 0.2) is 17.1 Å². The van der Waals surface area contributed by atoms with E-state index in [2.05, 4.69) is 27.8 Å². The standard InChI is InChI=1S/C20H22ClN3O2S/c1-4-24-19(14(2)26-18-10-8-17(25-3)9-11-18)22-23-20(24)27-13-15-6-5-7-16(21)12-15/h5-12,14H,4,13H2,1-3H3. The SMILES string of the molecule is CCn1c(SCc2cccc(Cl)c2)nnc1C(C)Oc1ccc(OC)cc1. The molecular formula is C20H22ClN3O2S. The molecule has 0 radical (unpaired) electrons. The van der Waals surface area contributed by atoms with Crippen LogP contribution in [-0.2, 0) is 12.3 Å². The number of methoxy groups -OCH3 is 1. The van der Waals surface area contributed by atoms with E-state index in [1.165, 1.54) is 0 Å². The lowest BCUT2D eigenvalue weighted by molar-refractivity contribution is 0.209. The minimum absolute atomic E-state index is 0.216. The molecule has 0 amide bonds. The van der Waals surface area contributed by atoms with Crippen LogP contribution >= 0.6 is 23.4 Å². The largest absolute Gasteiger partial charge is 0.497 e. The number of thioether (sulfide) groups is 1. The van der Waals surface area contributed by atoms with Gasteiger partial charge in [-0.1, -0.05) is 35.5 Å². The van der Waals surface area contributed by atoms with E-state index in [1.54, 1.807) is 18.9 Å². The Morgan fingerprint density at radius 3 is 2.52 bits per heavy atom. The Hall–Kier alpha value is -2.18. The van der Waals surface area contributed by atoms with Crippen molar-refractivity contribution < 1.29 is 9.47 Å². The molecule has 3 rings (SSSR count). The van der Waals surface area contributed by atoms with Crippen molar-refractivity contribution in [3.05, 3.63) is 64.9 Å². The molecule has 0 aliphatic heterocycles. The fraction of sp³-hybridized carbons (Fsp3) is 0.300. The summed E-state index contributed by atoms with van der Waals surface area (Å²) in [7, 11) is 1.64. The van der Waals surface area contributed by atoms with Gasteiger partial charge < -0.3 is 14.0 Å². The van der Waals surface area contributed by atoms with Gasteiger partial charge in [-0.3, -0.25) is 0 Å². The quantitative estimate of drug-likeness (QED) is 0.472. The normalized spacial score (nSPS) is 12.0. The zero-order valence-corrected chi connectivity index (χ0v) is 17.1. The van der Waals surface area contributed by atoms with Gasteiger partial charge in [-0.2, -0.15) is 0 Å². The Kier molecular flexibility index (Phi) is 6.63. The molecule has 0 spiro atoms. The molecule has 1 heterocycles. The fourth-order valence-electron chi connectivity index (χ4n) is 2.69. The third-order valence-corrected chi connectivity index (χ3v) is 5.33. The molecule has 0 saturated carbocycles. The van der Waals surface area contributed by atoms with E-state index in [9.17, 15) is 0 Å². The van der Waals surface area contributed by atoms with Crippen molar-refractivity contribution in [2.24, 2.45) is 0 Å². The topological polar surface area (TPSA) is 49.2 Å². The first-order chi connectivity index (χ1) is 13.1. The van der Waals surface area contributed by atoms with E-state index in [0.717, 1.165) is 45.4 Å². The number of aromatic nitrogens is 3. The van der Waals surface area contributed by atoms with Gasteiger partial charge in [0.25, 0.3) is 0 Å². The number of hydrogen-bond donors (Lipinski definition) is 0. The van der Waals surface area contributed by atoms with Crippen molar-refractivity contribution in [1.82, 2.24) is 14.8 Å². The maximum absolute atomic E-state index is 6.06. The number of ether oxygens (including phenoxy) is 2. The summed E-state index contributed by atoms with van der Waals surface area (Å²) in [6.45, 7) is 4.83. The number of rotatable bonds is 8. The maximum Gasteiger partial charge on any atom is 0.191 e. The van der Waals surface area contributed by atoms with Crippen LogP contribution in [-0.4, -0.2) is 21.9 Å². The number of benzene rings is 2. The number of hydrogen-bond acceptors (Lipinski definition) is 5. The van der Waals surface area contributed by atoms with Crippen molar-refractivity contribution in [1.29, 1.82) is 0 Å². The average Bonchev–Trinajstić information content (AvgIpc) is 3.10. The van der Waals surface area contributed by atoms with Crippen LogP contribution in [0.25, 0.3) is 0 Å². The molecule has 7 heteroatoms. The van der Waals surface area contributed by atoms with Gasteiger partial charge in [0.05, 0.1) is 7.11 Å². The van der Waals surface area contributed by atoms with E-state index in [1.807, 2.05) is 49.4 Å². The Balaban J connectivity index is 1.70. The van der Waals surface area contributed by atoms with Gasteiger partial charge in [0.1, 0.15) is 11.5 Å². The summed E-state index contributed by atoms with van der Waals surface area (Å²) < 4.78 is 13.3. The highest BCUT2D eigenvalue weighted by atomic mass is 35.5. The van der Waals surface area contributed by atoms with E-state index >= 15 is 0 Å². The van der Waals surface area contributed by atoms with Crippen molar-refractivity contribution >= 4 is 23.4 Å². The van der Waals surface area contributed by atoms with Gasteiger partial charge in [0, 0.05) is 17.3 Å². The van der Waals surface area contributed by atoms with Crippen LogP contribution in [0.4, 0.5) is 0 Å². The lowest BCUT2D eigenvalue weighted by atomic mass is 10.2. The summed E-state index contributed by atoms with van der Waals surface area (Å²) >= 11 is 7.70. The summed E-state index contributed by atoms with van der Waals surface area (Å²) in [5, 5.41) is 10.3. The highest BCUT2D eigenvalue weighted by Gasteiger charge is 2.19. The van der Waals surface area contributed by atoms with Crippen molar-refractivity contribution in [2.45, 2.75) is 37.4 Å². The summed E-state index contributed by atoms with van der Waals surface area (Å²) in [6.07, 6.45) is -0.216. The minimum Gasteiger partial charge on any atom is -0.497 e. The van der Waals surface area contributed by atoms with Crippen LogP contribution in [0.3, 0.4) is 0 Å². The molecular weight excluding hydrogens is 382 g/mol. The summed E-state index contributed by atoms with van der Waals surface area (Å²) in [5.74, 6) is 3.15. The maximum atomic E-state index is 6.06. The molecule has 0 fully saturated rings. The minimum atomic E-state index is -0.216. The molecule has 5 nitrogen and oxygen atoms in total. The van der Waals surface area contributed by atoms with Gasteiger partial charge in [-0.05, 0) is 55.8 Å². The van der Waals surface area contributed by atoms with E-state index in [-0.39, 0.29) is 6.10 Å². The molecule has 0 aliphatic rings. The molecule has 0 aliphatic carbocycles. The van der Waals surface area contributed by atoms with Gasteiger partial charge in [-0.25, -0.2) is 0 Å². The Bertz CT molecular complexity index is 883. The van der Waals surface area contributed by atoms with Crippen molar-refractivity contribution in [3.63, 3.8) is 0 Å². The van der Waals surface area contributed by atoms with Crippen LogP contribution in [0.2, 0.25) is 5.02 Å². The Morgan fingerprint density at radius 2 is 1.85 bits per heavy atom. The second-order valence-electron chi connectivity index (χ2n) is 5.94. The van der Waals surface area contributed by atoms with Gasteiger partial charge >= 0.3 is 0 Å². The highest BCUT2D eigenvalue weighted by Crippen LogP contribution is 2.27. The van der Waals surface area contributed by atoms with Crippen LogP contribution in [0.15, 0.2) is 53.7 Å². The molecule has 2 aromatic carbocycles. The highest BCUT2D eigenvalue weighted by molar-refractivity contribution is 7.98.